The van der Waals surface area contributed by atoms with E-state index in [4.69, 9.17) is 17.9 Å². The first kappa shape index (κ1) is 22.4. The minimum absolute atomic E-state index is 0.159. The minimum Gasteiger partial charge on any atom is -0.444 e. The maximum absolute atomic E-state index is 12.9. The Kier molecular flexibility index (Phi) is 6.64. The SMILES string of the molecule is [C-]#[N+]C(CC#CCC)([N+]#[C-])C1=C[C@H]2CCC([C@@H]1C(C)=C=C)N2C(=O)OC(C)(C)C. The Hall–Kier alpha value is -2.93. The number of carbonyl (C=O) groups excluding carboxylic acids is 1. The van der Waals surface area contributed by atoms with Crippen molar-refractivity contribution < 1.29 is 9.53 Å². The number of amides is 1. The van der Waals surface area contributed by atoms with E-state index in [-0.39, 0.29) is 30.5 Å². The summed E-state index contributed by atoms with van der Waals surface area (Å²) in [5.74, 6) is 5.69. The molecule has 2 rings (SSSR count). The van der Waals surface area contributed by atoms with Gasteiger partial charge >= 0.3 is 11.8 Å². The lowest BCUT2D eigenvalue weighted by Gasteiger charge is -2.40. The largest absolute Gasteiger partial charge is 0.517 e. The zero-order chi connectivity index (χ0) is 21.8. The van der Waals surface area contributed by atoms with E-state index in [0.717, 1.165) is 24.0 Å². The van der Waals surface area contributed by atoms with E-state index in [1.165, 1.54) is 0 Å². The molecule has 0 aliphatic carbocycles. The highest BCUT2D eigenvalue weighted by Gasteiger charge is 2.59. The molecule has 1 saturated heterocycles. The molecule has 0 aromatic rings. The van der Waals surface area contributed by atoms with Crippen LogP contribution in [0, 0.1) is 30.9 Å². The predicted molar refractivity (Wildman–Crippen MR) is 113 cm³/mol. The average molecular weight is 392 g/mol. The summed E-state index contributed by atoms with van der Waals surface area (Å²) in [6.07, 6.45) is 3.97. The van der Waals surface area contributed by atoms with E-state index in [2.05, 4.69) is 33.8 Å². The average Bonchev–Trinajstić information content (AvgIpc) is 2.98. The van der Waals surface area contributed by atoms with Gasteiger partial charge in [0.25, 0.3) is 0 Å². The van der Waals surface area contributed by atoms with Crippen LogP contribution in [0.25, 0.3) is 9.69 Å². The molecule has 5 nitrogen and oxygen atoms in total. The zero-order valence-electron chi connectivity index (χ0n) is 18.0. The van der Waals surface area contributed by atoms with Gasteiger partial charge in [-0.15, -0.1) is 11.7 Å². The molecule has 29 heavy (non-hydrogen) atoms. The Morgan fingerprint density at radius 1 is 1.31 bits per heavy atom. The quantitative estimate of drug-likeness (QED) is 0.280. The third-order valence-electron chi connectivity index (χ3n) is 5.38. The lowest BCUT2D eigenvalue weighted by atomic mass is 9.76. The van der Waals surface area contributed by atoms with E-state index in [1.807, 2.05) is 40.7 Å². The Balaban J connectivity index is 2.57. The zero-order valence-corrected chi connectivity index (χ0v) is 18.0. The molecule has 1 unspecified atom stereocenters. The van der Waals surface area contributed by atoms with Crippen LogP contribution >= 0.6 is 0 Å². The van der Waals surface area contributed by atoms with Gasteiger partial charge in [-0.25, -0.2) is 27.6 Å². The fraction of sp³-hybridized carbons (Fsp3) is 0.583. The van der Waals surface area contributed by atoms with E-state index in [0.29, 0.717) is 6.42 Å². The second-order valence-corrected chi connectivity index (χ2v) is 8.48. The molecule has 0 aromatic heterocycles. The Morgan fingerprint density at radius 3 is 2.48 bits per heavy atom. The molecule has 5 heteroatoms. The first-order chi connectivity index (χ1) is 13.6. The summed E-state index contributed by atoms with van der Waals surface area (Å²) in [6.45, 7) is 28.8. The number of ether oxygens (including phenoxy) is 1. The van der Waals surface area contributed by atoms with Crippen LogP contribution in [-0.2, 0) is 4.74 Å². The van der Waals surface area contributed by atoms with Crippen LogP contribution in [-0.4, -0.2) is 34.3 Å². The van der Waals surface area contributed by atoms with Crippen LogP contribution in [0.3, 0.4) is 0 Å². The van der Waals surface area contributed by atoms with E-state index >= 15 is 0 Å². The molecule has 0 radical (unpaired) electrons. The van der Waals surface area contributed by atoms with Gasteiger partial charge in [0.05, 0.1) is 6.04 Å². The van der Waals surface area contributed by atoms with Crippen LogP contribution in [0.4, 0.5) is 4.79 Å². The number of hydrogen-bond donors (Lipinski definition) is 0. The molecule has 1 fully saturated rings. The highest BCUT2D eigenvalue weighted by Crippen LogP contribution is 2.48. The van der Waals surface area contributed by atoms with Crippen molar-refractivity contribution in [1.29, 1.82) is 0 Å². The first-order valence-corrected chi connectivity index (χ1v) is 9.97. The molecule has 2 heterocycles. The van der Waals surface area contributed by atoms with Crippen molar-refractivity contribution in [1.82, 2.24) is 4.90 Å². The molecule has 2 bridgehead atoms. The van der Waals surface area contributed by atoms with Gasteiger partial charge in [0.15, 0.2) is 6.42 Å². The standard InChI is InChI=1S/C24H29N3O2/c1-9-11-12-15-24(25-7,26-8)19-16-18-13-14-20(21(19)17(3)10-2)27(18)22(28)29-23(4,5)6/h16,18,20-21H,2,9,13-15H2,1,3-6H3/t18-,20?,21-/m1/s1. The third kappa shape index (κ3) is 4.40. The van der Waals surface area contributed by atoms with Crippen molar-refractivity contribution >= 4 is 6.09 Å². The van der Waals surface area contributed by atoms with Gasteiger partial charge in [0.1, 0.15) is 11.2 Å². The molecule has 0 spiro atoms. The van der Waals surface area contributed by atoms with Gasteiger partial charge in [-0.1, -0.05) is 19.4 Å². The van der Waals surface area contributed by atoms with Crippen molar-refractivity contribution in [3.63, 3.8) is 0 Å². The lowest BCUT2D eigenvalue weighted by molar-refractivity contribution is 0.0131. The molecule has 0 N–H and O–H groups in total. The van der Waals surface area contributed by atoms with Crippen molar-refractivity contribution in [2.24, 2.45) is 5.92 Å². The van der Waals surface area contributed by atoms with Gasteiger partial charge in [-0.2, -0.15) is 0 Å². The summed E-state index contributed by atoms with van der Waals surface area (Å²) in [5.41, 5.74) is 2.53. The number of nitrogens with zero attached hydrogens (tertiary/aromatic N) is 3. The van der Waals surface area contributed by atoms with Crippen LogP contribution in [0.15, 0.2) is 29.5 Å². The maximum Gasteiger partial charge on any atom is 0.517 e. The second kappa shape index (κ2) is 8.61. The molecule has 0 aromatic carbocycles. The fourth-order valence-corrected chi connectivity index (χ4v) is 4.12. The highest BCUT2D eigenvalue weighted by atomic mass is 16.6. The monoisotopic (exact) mass is 391 g/mol. The smallest absolute Gasteiger partial charge is 0.444 e. The summed E-state index contributed by atoms with van der Waals surface area (Å²) >= 11 is 0. The number of hydrogen-bond acceptors (Lipinski definition) is 2. The molecule has 2 aliphatic rings. The highest BCUT2D eigenvalue weighted by molar-refractivity contribution is 5.71. The molecule has 1 amide bonds. The van der Waals surface area contributed by atoms with Crippen LogP contribution in [0.1, 0.15) is 60.3 Å². The fourth-order valence-electron chi connectivity index (χ4n) is 4.12. The van der Waals surface area contributed by atoms with Crippen LogP contribution in [0.2, 0.25) is 0 Å². The van der Waals surface area contributed by atoms with Crippen molar-refractivity contribution in [3.8, 4) is 11.8 Å². The first-order valence-electron chi connectivity index (χ1n) is 9.97. The molecule has 3 atom stereocenters. The Morgan fingerprint density at radius 2 is 1.97 bits per heavy atom. The molecular weight excluding hydrogens is 362 g/mol. The summed E-state index contributed by atoms with van der Waals surface area (Å²) in [4.78, 5) is 22.2. The third-order valence-corrected chi connectivity index (χ3v) is 5.38. The molecule has 2 aliphatic heterocycles. The van der Waals surface area contributed by atoms with Gasteiger partial charge in [0.2, 0.25) is 0 Å². The predicted octanol–water partition coefficient (Wildman–Crippen LogP) is 5.38. The van der Waals surface area contributed by atoms with Crippen LogP contribution in [0.5, 0.6) is 0 Å². The number of rotatable bonds is 3. The molecule has 152 valence electrons. The number of carbonyl (C=O) groups is 1. The van der Waals surface area contributed by atoms with Crippen LogP contribution < -0.4 is 0 Å². The lowest BCUT2D eigenvalue weighted by Crippen LogP contribution is -2.51. The van der Waals surface area contributed by atoms with Gasteiger partial charge in [-0.05, 0) is 52.2 Å². The number of fused-ring (bicyclic) bond motifs is 2. The van der Waals surface area contributed by atoms with E-state index in [1.54, 1.807) is 4.90 Å². The minimum atomic E-state index is -1.38. The summed E-state index contributed by atoms with van der Waals surface area (Å²) in [6, 6.07) is -0.355. The van der Waals surface area contributed by atoms with Gasteiger partial charge < -0.3 is 4.74 Å². The van der Waals surface area contributed by atoms with E-state index < -0.39 is 11.3 Å². The second-order valence-electron chi connectivity index (χ2n) is 8.48. The normalized spacial score (nSPS) is 22.9. The van der Waals surface area contributed by atoms with Crippen molar-refractivity contribution in [3.05, 3.63) is 52.4 Å². The Bertz CT molecular complexity index is 878. The molecule has 0 saturated carbocycles. The summed E-state index contributed by atoms with van der Waals surface area (Å²) in [7, 11) is 0. The van der Waals surface area contributed by atoms with Crippen molar-refractivity contribution in [2.45, 2.75) is 83.6 Å². The summed E-state index contributed by atoms with van der Waals surface area (Å²) < 4.78 is 5.64. The van der Waals surface area contributed by atoms with Crippen molar-refractivity contribution in [2.75, 3.05) is 0 Å². The maximum atomic E-state index is 12.9. The summed E-state index contributed by atoms with van der Waals surface area (Å²) in [5, 5.41) is 0. The molecular formula is C24H29N3O2. The Labute approximate surface area is 174 Å². The topological polar surface area (TPSA) is 38.3 Å². The van der Waals surface area contributed by atoms with Gasteiger partial charge in [0, 0.05) is 18.4 Å². The van der Waals surface area contributed by atoms with Gasteiger partial charge in [-0.3, -0.25) is 4.90 Å². The van der Waals surface area contributed by atoms with E-state index in [9.17, 15) is 4.79 Å².